The Balaban J connectivity index is 1.84. The molecule has 1 amide bonds. The first-order valence-electron chi connectivity index (χ1n) is 9.69. The van der Waals surface area contributed by atoms with Gasteiger partial charge in [-0.05, 0) is 55.0 Å². The van der Waals surface area contributed by atoms with Gasteiger partial charge in [0.25, 0.3) is 5.91 Å². The van der Waals surface area contributed by atoms with Crippen LogP contribution in [0, 0.1) is 6.92 Å². The lowest BCUT2D eigenvalue weighted by atomic mass is 10.0. The largest absolute Gasteiger partial charge is 0.573 e. The van der Waals surface area contributed by atoms with E-state index in [1.807, 2.05) is 0 Å². The van der Waals surface area contributed by atoms with Crippen LogP contribution < -0.4 is 20.1 Å². The third-order valence-corrected chi connectivity index (χ3v) is 5.15. The van der Waals surface area contributed by atoms with Crippen LogP contribution in [0.2, 0.25) is 0 Å². The van der Waals surface area contributed by atoms with Gasteiger partial charge >= 0.3 is 12.5 Å². The number of pyridine rings is 1. The number of nitrogens with zero attached hydrogens (tertiary/aromatic N) is 2. The summed E-state index contributed by atoms with van der Waals surface area (Å²) in [5.41, 5.74) is -0.712. The number of ether oxygens (including phenoxy) is 1. The Hall–Kier alpha value is -3.96. The van der Waals surface area contributed by atoms with Gasteiger partial charge in [-0.2, -0.15) is 13.2 Å². The summed E-state index contributed by atoms with van der Waals surface area (Å²) in [6.45, 7) is 1.33. The molecule has 0 radical (unpaired) electrons. The summed E-state index contributed by atoms with van der Waals surface area (Å²) in [5.74, 6) is -1.20. The minimum absolute atomic E-state index is 0.145. The molecule has 12 heteroatoms. The highest BCUT2D eigenvalue weighted by molar-refractivity contribution is 6.12. The number of halogens is 6. The van der Waals surface area contributed by atoms with Crippen LogP contribution in [0.25, 0.3) is 0 Å². The van der Waals surface area contributed by atoms with Crippen LogP contribution in [-0.4, -0.2) is 23.9 Å². The van der Waals surface area contributed by atoms with Gasteiger partial charge in [0, 0.05) is 18.0 Å². The van der Waals surface area contributed by atoms with E-state index >= 15 is 0 Å². The summed E-state index contributed by atoms with van der Waals surface area (Å²) in [6, 6.07) is 8.69. The number of nitrogens with one attached hydrogen (secondary N) is 1. The number of benzene rings is 2. The Kier molecular flexibility index (Phi) is 5.54. The van der Waals surface area contributed by atoms with Crippen molar-refractivity contribution >= 4 is 23.0 Å². The van der Waals surface area contributed by atoms with Crippen molar-refractivity contribution in [1.82, 2.24) is 4.98 Å². The average molecular weight is 483 g/mol. The van der Waals surface area contributed by atoms with Crippen LogP contribution in [-0.2, 0) is 6.18 Å². The number of rotatable bonds is 3. The third kappa shape index (κ3) is 4.56. The van der Waals surface area contributed by atoms with Gasteiger partial charge in [-0.15, -0.1) is 13.2 Å². The molecular weight excluding hydrogens is 468 g/mol. The van der Waals surface area contributed by atoms with Crippen LogP contribution in [0.3, 0.4) is 0 Å². The Morgan fingerprint density at radius 3 is 2.18 bits per heavy atom. The van der Waals surface area contributed by atoms with E-state index < -0.39 is 35.3 Å². The van der Waals surface area contributed by atoms with Crippen LogP contribution >= 0.6 is 0 Å². The van der Waals surface area contributed by atoms with Crippen molar-refractivity contribution < 1.29 is 35.9 Å². The summed E-state index contributed by atoms with van der Waals surface area (Å²) >= 11 is 0. The molecule has 0 atom stereocenters. The number of H-pyrrole nitrogens is 1. The molecule has 0 saturated carbocycles. The number of aromatic amines is 1. The number of aromatic nitrogens is 1. The van der Waals surface area contributed by atoms with Crippen molar-refractivity contribution in [3.63, 3.8) is 0 Å². The second-order valence-corrected chi connectivity index (χ2v) is 7.44. The zero-order chi connectivity index (χ0) is 24.8. The van der Waals surface area contributed by atoms with E-state index in [-0.39, 0.29) is 23.6 Å². The maximum atomic E-state index is 13.3. The molecule has 0 aliphatic carbocycles. The number of hydrogen-bond acceptors (Lipinski definition) is 4. The highest BCUT2D eigenvalue weighted by Crippen LogP contribution is 2.41. The standard InChI is InChI=1S/C22H15F6N3O3/c1-12-8-15(34-22(26,27)28)4-6-17(12)31-11-30(14-3-7-19(32)29-10-14)20(33)16-9-13(21(23,24)25)2-5-18(16)31/h2-10H,11H2,1H3,(H,29,32). The molecule has 4 rings (SSSR count). The van der Waals surface area contributed by atoms with Crippen molar-refractivity contribution in [1.29, 1.82) is 0 Å². The molecule has 34 heavy (non-hydrogen) atoms. The van der Waals surface area contributed by atoms with Crippen LogP contribution in [0.5, 0.6) is 5.75 Å². The van der Waals surface area contributed by atoms with Gasteiger partial charge in [-0.1, -0.05) is 0 Å². The van der Waals surface area contributed by atoms with E-state index in [0.29, 0.717) is 11.3 Å². The number of amides is 1. The SMILES string of the molecule is Cc1cc(OC(F)(F)F)ccc1N1CN(c2ccc(=O)[nH]c2)C(=O)c2cc(C(F)(F)F)ccc21. The van der Waals surface area contributed by atoms with E-state index in [1.54, 1.807) is 0 Å². The average Bonchev–Trinajstić information content (AvgIpc) is 2.73. The Morgan fingerprint density at radius 1 is 0.882 bits per heavy atom. The van der Waals surface area contributed by atoms with E-state index in [2.05, 4.69) is 9.72 Å². The number of alkyl halides is 6. The molecule has 6 nitrogen and oxygen atoms in total. The Morgan fingerprint density at radius 2 is 1.59 bits per heavy atom. The fourth-order valence-electron chi connectivity index (χ4n) is 3.65. The van der Waals surface area contributed by atoms with Gasteiger partial charge in [0.1, 0.15) is 12.4 Å². The van der Waals surface area contributed by atoms with E-state index in [0.717, 1.165) is 41.3 Å². The number of aryl methyl sites for hydroxylation is 1. The summed E-state index contributed by atoms with van der Waals surface area (Å²) in [5, 5.41) is 0. The lowest BCUT2D eigenvalue weighted by Gasteiger charge is -2.39. The zero-order valence-electron chi connectivity index (χ0n) is 17.3. The smallest absolute Gasteiger partial charge is 0.406 e. The number of carbonyl (C=O) groups excluding carboxylic acids is 1. The van der Waals surface area contributed by atoms with E-state index in [9.17, 15) is 35.9 Å². The van der Waals surface area contributed by atoms with Crippen molar-refractivity contribution in [2.45, 2.75) is 19.5 Å². The highest BCUT2D eigenvalue weighted by Gasteiger charge is 2.37. The molecule has 3 aromatic rings. The second kappa shape index (κ2) is 8.12. The third-order valence-electron chi connectivity index (χ3n) is 5.15. The first-order valence-corrected chi connectivity index (χ1v) is 9.69. The molecule has 1 aliphatic rings. The van der Waals surface area contributed by atoms with E-state index in [4.69, 9.17) is 0 Å². The van der Waals surface area contributed by atoms with Crippen molar-refractivity contribution in [3.05, 3.63) is 81.8 Å². The molecule has 1 aliphatic heterocycles. The quantitative estimate of drug-likeness (QED) is 0.510. The zero-order valence-corrected chi connectivity index (χ0v) is 17.3. The lowest BCUT2D eigenvalue weighted by molar-refractivity contribution is -0.274. The molecule has 2 heterocycles. The molecule has 0 unspecified atom stereocenters. The second-order valence-electron chi connectivity index (χ2n) is 7.44. The van der Waals surface area contributed by atoms with Gasteiger partial charge in [-0.3, -0.25) is 14.5 Å². The van der Waals surface area contributed by atoms with Gasteiger partial charge in [0.05, 0.1) is 22.5 Å². The number of fused-ring (bicyclic) bond motifs is 1. The molecule has 1 N–H and O–H groups in total. The van der Waals surface area contributed by atoms with Gasteiger partial charge in [-0.25, -0.2) is 0 Å². The minimum Gasteiger partial charge on any atom is -0.406 e. The molecule has 0 saturated heterocycles. The molecule has 2 aromatic carbocycles. The Bertz CT molecular complexity index is 1300. The van der Waals surface area contributed by atoms with Crippen LogP contribution in [0.1, 0.15) is 21.5 Å². The molecule has 178 valence electrons. The predicted molar refractivity (Wildman–Crippen MR) is 110 cm³/mol. The lowest BCUT2D eigenvalue weighted by Crippen LogP contribution is -2.45. The normalized spacial score (nSPS) is 14.3. The summed E-state index contributed by atoms with van der Waals surface area (Å²) in [4.78, 5) is 29.6. The van der Waals surface area contributed by atoms with Crippen molar-refractivity contribution in [2.24, 2.45) is 0 Å². The number of anilines is 3. The highest BCUT2D eigenvalue weighted by atomic mass is 19.4. The van der Waals surface area contributed by atoms with Crippen molar-refractivity contribution in [2.75, 3.05) is 16.5 Å². The topological polar surface area (TPSA) is 65.6 Å². The molecule has 0 bridgehead atoms. The summed E-state index contributed by atoms with van der Waals surface area (Å²) in [7, 11) is 0. The van der Waals surface area contributed by atoms with Gasteiger partial charge < -0.3 is 14.6 Å². The van der Waals surface area contributed by atoms with Crippen molar-refractivity contribution in [3.8, 4) is 5.75 Å². The van der Waals surface area contributed by atoms with Crippen LogP contribution in [0.15, 0.2) is 59.5 Å². The summed E-state index contributed by atoms with van der Waals surface area (Å²) in [6.07, 6.45) is -8.36. The molecule has 0 fully saturated rings. The predicted octanol–water partition coefficient (Wildman–Crippen LogP) is 5.36. The fourth-order valence-corrected chi connectivity index (χ4v) is 3.65. The monoisotopic (exact) mass is 483 g/mol. The first kappa shape index (κ1) is 23.2. The molecular formula is C22H15F6N3O3. The summed E-state index contributed by atoms with van der Waals surface area (Å²) < 4.78 is 81.6. The Labute approximate surface area is 188 Å². The number of carbonyl (C=O) groups is 1. The van der Waals surface area contributed by atoms with Gasteiger partial charge in [0.15, 0.2) is 0 Å². The van der Waals surface area contributed by atoms with Crippen LogP contribution in [0.4, 0.5) is 43.4 Å². The minimum atomic E-state index is -4.90. The molecule has 0 spiro atoms. The molecule has 1 aromatic heterocycles. The number of hydrogen-bond donors (Lipinski definition) is 1. The first-order chi connectivity index (χ1) is 15.8. The fraction of sp³-hybridized carbons (Fsp3) is 0.182. The van der Waals surface area contributed by atoms with E-state index in [1.165, 1.54) is 30.2 Å². The maximum Gasteiger partial charge on any atom is 0.573 e. The maximum absolute atomic E-state index is 13.3. The van der Waals surface area contributed by atoms with Gasteiger partial charge in [0.2, 0.25) is 5.56 Å².